The van der Waals surface area contributed by atoms with Gasteiger partial charge in [0.15, 0.2) is 0 Å². The quantitative estimate of drug-likeness (QED) is 0.578. The summed E-state index contributed by atoms with van der Waals surface area (Å²) in [5, 5.41) is 12.1. The molecule has 1 N–H and O–H groups in total. The molecular weight excluding hydrogens is 200 g/mol. The molecule has 2 unspecified atom stereocenters. The number of nitrogens with zero attached hydrogens (tertiary/aromatic N) is 2. The third-order valence-corrected chi connectivity index (χ3v) is 4.37. The van der Waals surface area contributed by atoms with Gasteiger partial charge in [0.2, 0.25) is 0 Å². The highest BCUT2D eigenvalue weighted by atomic mass is 16.4. The Morgan fingerprint density at radius 3 is 2.69 bits per heavy atom. The van der Waals surface area contributed by atoms with Crippen molar-refractivity contribution >= 4 is 5.71 Å². The molecule has 1 aliphatic carbocycles. The van der Waals surface area contributed by atoms with E-state index in [0.717, 1.165) is 43.6 Å². The van der Waals surface area contributed by atoms with Crippen LogP contribution in [0.15, 0.2) is 5.16 Å². The van der Waals surface area contributed by atoms with Crippen LogP contribution in [0.2, 0.25) is 0 Å². The maximum atomic E-state index is 8.74. The maximum Gasteiger partial charge on any atom is 0.0596 e. The molecular formula is C13H24N2O. The monoisotopic (exact) mass is 224 g/mol. The second kappa shape index (κ2) is 5.67. The molecule has 1 saturated carbocycles. The Morgan fingerprint density at radius 2 is 2.06 bits per heavy atom. The lowest BCUT2D eigenvalue weighted by molar-refractivity contribution is 0.126. The van der Waals surface area contributed by atoms with Crippen molar-refractivity contribution in [3.05, 3.63) is 0 Å². The average Bonchev–Trinajstić information content (AvgIpc) is 2.39. The smallest absolute Gasteiger partial charge is 0.0596 e. The SMILES string of the molecule is CCC1CCCC(N2CCC(=NO)CC2)C1. The minimum absolute atomic E-state index is 0.805. The van der Waals surface area contributed by atoms with Crippen LogP contribution in [0.3, 0.4) is 0 Å². The zero-order chi connectivity index (χ0) is 11.4. The van der Waals surface area contributed by atoms with Crippen molar-refractivity contribution < 1.29 is 5.21 Å². The molecule has 16 heavy (non-hydrogen) atoms. The molecule has 0 amide bonds. The molecule has 0 aromatic heterocycles. The molecule has 1 saturated heterocycles. The van der Waals surface area contributed by atoms with E-state index in [1.165, 1.54) is 32.1 Å². The Kier molecular flexibility index (Phi) is 4.22. The van der Waals surface area contributed by atoms with E-state index in [1.54, 1.807) is 0 Å². The summed E-state index contributed by atoms with van der Waals surface area (Å²) in [6, 6.07) is 0.805. The van der Waals surface area contributed by atoms with E-state index in [2.05, 4.69) is 17.0 Å². The molecule has 3 nitrogen and oxygen atoms in total. The van der Waals surface area contributed by atoms with E-state index in [-0.39, 0.29) is 0 Å². The molecule has 2 rings (SSSR count). The van der Waals surface area contributed by atoms with Crippen molar-refractivity contribution in [2.75, 3.05) is 13.1 Å². The average molecular weight is 224 g/mol. The Balaban J connectivity index is 1.84. The predicted molar refractivity (Wildman–Crippen MR) is 66.1 cm³/mol. The van der Waals surface area contributed by atoms with Crippen molar-refractivity contribution in [3.8, 4) is 0 Å². The third-order valence-electron chi connectivity index (χ3n) is 4.37. The number of rotatable bonds is 2. The fourth-order valence-electron chi connectivity index (χ4n) is 3.21. The Bertz CT molecular complexity index is 242. The second-order valence-electron chi connectivity index (χ2n) is 5.30. The minimum Gasteiger partial charge on any atom is -0.411 e. The summed E-state index contributed by atoms with van der Waals surface area (Å²) >= 11 is 0. The number of likely N-dealkylation sites (tertiary alicyclic amines) is 1. The van der Waals surface area contributed by atoms with E-state index >= 15 is 0 Å². The van der Waals surface area contributed by atoms with Crippen molar-refractivity contribution in [1.29, 1.82) is 0 Å². The zero-order valence-electron chi connectivity index (χ0n) is 10.4. The second-order valence-corrected chi connectivity index (χ2v) is 5.30. The lowest BCUT2D eigenvalue weighted by Crippen LogP contribution is -2.43. The van der Waals surface area contributed by atoms with Gasteiger partial charge in [-0.25, -0.2) is 0 Å². The molecule has 1 aliphatic heterocycles. The molecule has 0 bridgehead atoms. The standard InChI is InChI=1S/C13H24N2O/c1-2-11-4-3-5-13(10-11)15-8-6-12(14-16)7-9-15/h11,13,16H,2-10H2,1H3. The number of hydrogen-bond acceptors (Lipinski definition) is 3. The molecule has 0 aromatic rings. The number of oxime groups is 1. The van der Waals surface area contributed by atoms with Gasteiger partial charge in [-0.3, -0.25) is 4.90 Å². The van der Waals surface area contributed by atoms with Crippen LogP contribution in [-0.4, -0.2) is 35.0 Å². The lowest BCUT2D eigenvalue weighted by Gasteiger charge is -2.39. The number of hydrogen-bond donors (Lipinski definition) is 1. The van der Waals surface area contributed by atoms with Gasteiger partial charge in [-0.2, -0.15) is 0 Å². The number of piperidine rings is 1. The lowest BCUT2D eigenvalue weighted by atomic mass is 9.83. The van der Waals surface area contributed by atoms with Gasteiger partial charge in [-0.15, -0.1) is 0 Å². The Labute approximate surface area is 98.5 Å². The summed E-state index contributed by atoms with van der Waals surface area (Å²) in [7, 11) is 0. The summed E-state index contributed by atoms with van der Waals surface area (Å²) < 4.78 is 0. The highest BCUT2D eigenvalue weighted by Crippen LogP contribution is 2.30. The zero-order valence-corrected chi connectivity index (χ0v) is 10.4. The minimum atomic E-state index is 0.805. The third kappa shape index (κ3) is 2.76. The summed E-state index contributed by atoms with van der Waals surface area (Å²) in [5.41, 5.74) is 0.985. The van der Waals surface area contributed by atoms with Crippen molar-refractivity contribution in [3.63, 3.8) is 0 Å². The molecule has 2 fully saturated rings. The summed E-state index contributed by atoms with van der Waals surface area (Å²) in [5.74, 6) is 0.951. The van der Waals surface area contributed by atoms with Gasteiger partial charge in [0.05, 0.1) is 5.71 Å². The Hall–Kier alpha value is -0.570. The van der Waals surface area contributed by atoms with Crippen molar-refractivity contribution in [1.82, 2.24) is 4.90 Å². The van der Waals surface area contributed by atoms with E-state index in [1.807, 2.05) is 0 Å². The van der Waals surface area contributed by atoms with Crippen LogP contribution in [0.25, 0.3) is 0 Å². The molecule has 0 spiro atoms. The van der Waals surface area contributed by atoms with Gasteiger partial charge in [0.1, 0.15) is 0 Å². The van der Waals surface area contributed by atoms with Crippen LogP contribution in [0.1, 0.15) is 51.9 Å². The highest BCUT2D eigenvalue weighted by Gasteiger charge is 2.27. The van der Waals surface area contributed by atoms with Crippen LogP contribution in [-0.2, 0) is 0 Å². The molecule has 2 atom stereocenters. The molecule has 0 radical (unpaired) electrons. The molecule has 2 aliphatic rings. The van der Waals surface area contributed by atoms with E-state index in [9.17, 15) is 0 Å². The topological polar surface area (TPSA) is 35.8 Å². The molecule has 3 heteroatoms. The first-order valence-electron chi connectivity index (χ1n) is 6.77. The van der Waals surface area contributed by atoms with Crippen LogP contribution < -0.4 is 0 Å². The largest absolute Gasteiger partial charge is 0.411 e. The van der Waals surface area contributed by atoms with Crippen molar-refractivity contribution in [2.24, 2.45) is 11.1 Å². The van der Waals surface area contributed by atoms with Gasteiger partial charge in [0, 0.05) is 32.0 Å². The van der Waals surface area contributed by atoms with Crippen LogP contribution in [0.5, 0.6) is 0 Å². The first-order chi connectivity index (χ1) is 7.83. The molecule has 1 heterocycles. The normalized spacial score (nSPS) is 32.7. The summed E-state index contributed by atoms with van der Waals surface area (Å²) in [6.07, 6.45) is 8.87. The van der Waals surface area contributed by atoms with Crippen LogP contribution in [0.4, 0.5) is 0 Å². The van der Waals surface area contributed by atoms with E-state index in [4.69, 9.17) is 5.21 Å². The van der Waals surface area contributed by atoms with Gasteiger partial charge < -0.3 is 5.21 Å². The van der Waals surface area contributed by atoms with Gasteiger partial charge in [-0.1, -0.05) is 31.3 Å². The van der Waals surface area contributed by atoms with Gasteiger partial charge >= 0.3 is 0 Å². The van der Waals surface area contributed by atoms with Crippen LogP contribution in [0, 0.1) is 5.92 Å². The van der Waals surface area contributed by atoms with E-state index in [0.29, 0.717) is 0 Å². The first kappa shape index (κ1) is 11.9. The fraction of sp³-hybridized carbons (Fsp3) is 0.923. The van der Waals surface area contributed by atoms with Crippen LogP contribution >= 0.6 is 0 Å². The predicted octanol–water partition coefficient (Wildman–Crippen LogP) is 2.88. The molecule has 0 aromatic carbocycles. The summed E-state index contributed by atoms with van der Waals surface area (Å²) in [6.45, 7) is 4.51. The highest BCUT2D eigenvalue weighted by molar-refractivity contribution is 5.84. The summed E-state index contributed by atoms with van der Waals surface area (Å²) in [4.78, 5) is 2.62. The van der Waals surface area contributed by atoms with Crippen molar-refractivity contribution in [2.45, 2.75) is 57.9 Å². The first-order valence-corrected chi connectivity index (χ1v) is 6.77. The van der Waals surface area contributed by atoms with Gasteiger partial charge in [-0.05, 0) is 18.8 Å². The maximum absolute atomic E-state index is 8.74. The van der Waals surface area contributed by atoms with E-state index < -0.39 is 0 Å². The fourth-order valence-corrected chi connectivity index (χ4v) is 3.21. The Morgan fingerprint density at radius 1 is 1.31 bits per heavy atom. The molecule has 92 valence electrons. The van der Waals surface area contributed by atoms with Gasteiger partial charge in [0.25, 0.3) is 0 Å².